The Labute approximate surface area is 178 Å². The summed E-state index contributed by atoms with van der Waals surface area (Å²) in [5.41, 5.74) is 0.746. The molecular weight excluding hydrogens is 390 g/mol. The van der Waals surface area contributed by atoms with Crippen LogP contribution >= 0.6 is 11.6 Å². The van der Waals surface area contributed by atoms with Crippen molar-refractivity contribution in [2.45, 2.75) is 52.0 Å². The SMILES string of the molecule is COc1cc(Cl)cc(NC(=O)C2CCC3(CC2)CN(CC(=O)NC(C)(C)C)C3)c1. The van der Waals surface area contributed by atoms with Gasteiger partial charge in [0.15, 0.2) is 0 Å². The first-order chi connectivity index (χ1) is 13.6. The molecule has 2 N–H and O–H groups in total. The Kier molecular flexibility index (Phi) is 6.44. The Morgan fingerprint density at radius 2 is 1.86 bits per heavy atom. The maximum absolute atomic E-state index is 12.7. The van der Waals surface area contributed by atoms with E-state index >= 15 is 0 Å². The van der Waals surface area contributed by atoms with Crippen molar-refractivity contribution in [3.63, 3.8) is 0 Å². The summed E-state index contributed by atoms with van der Waals surface area (Å²) in [5, 5.41) is 6.53. The topological polar surface area (TPSA) is 70.7 Å². The fourth-order valence-corrected chi connectivity index (χ4v) is 4.71. The molecular formula is C22H32ClN3O3. The van der Waals surface area contributed by atoms with Crippen molar-refractivity contribution in [2.75, 3.05) is 32.1 Å². The molecule has 0 aromatic heterocycles. The van der Waals surface area contributed by atoms with Crippen molar-refractivity contribution in [1.82, 2.24) is 10.2 Å². The maximum atomic E-state index is 12.7. The molecule has 1 aromatic rings. The van der Waals surface area contributed by atoms with Crippen molar-refractivity contribution in [1.29, 1.82) is 0 Å². The fourth-order valence-electron chi connectivity index (χ4n) is 4.48. The molecule has 7 heteroatoms. The number of halogens is 1. The number of ether oxygens (including phenoxy) is 1. The van der Waals surface area contributed by atoms with Crippen LogP contribution in [0.15, 0.2) is 18.2 Å². The average molecular weight is 422 g/mol. The molecule has 1 aliphatic heterocycles. The van der Waals surface area contributed by atoms with Crippen molar-refractivity contribution >= 4 is 29.1 Å². The van der Waals surface area contributed by atoms with E-state index in [1.54, 1.807) is 25.3 Å². The van der Waals surface area contributed by atoms with Gasteiger partial charge in [0, 0.05) is 41.3 Å². The van der Waals surface area contributed by atoms with Gasteiger partial charge in [-0.15, -0.1) is 0 Å². The van der Waals surface area contributed by atoms with Crippen LogP contribution in [0.5, 0.6) is 5.75 Å². The van der Waals surface area contributed by atoms with Gasteiger partial charge < -0.3 is 15.4 Å². The highest BCUT2D eigenvalue weighted by atomic mass is 35.5. The normalized spacial score (nSPS) is 19.5. The van der Waals surface area contributed by atoms with Gasteiger partial charge in [0.2, 0.25) is 11.8 Å². The molecule has 1 spiro atoms. The van der Waals surface area contributed by atoms with E-state index in [9.17, 15) is 9.59 Å². The molecule has 1 saturated carbocycles. The lowest BCUT2D eigenvalue weighted by molar-refractivity contribution is -0.129. The summed E-state index contributed by atoms with van der Waals surface area (Å²) < 4.78 is 5.21. The fraction of sp³-hybridized carbons (Fsp3) is 0.636. The van der Waals surface area contributed by atoms with Crippen LogP contribution in [0.1, 0.15) is 46.5 Å². The van der Waals surface area contributed by atoms with Crippen LogP contribution in [0.3, 0.4) is 0 Å². The van der Waals surface area contributed by atoms with Gasteiger partial charge in [-0.2, -0.15) is 0 Å². The van der Waals surface area contributed by atoms with Gasteiger partial charge in [-0.25, -0.2) is 0 Å². The molecule has 1 heterocycles. The van der Waals surface area contributed by atoms with Crippen LogP contribution in [0.2, 0.25) is 5.02 Å². The zero-order valence-corrected chi connectivity index (χ0v) is 18.6. The summed E-state index contributed by atoms with van der Waals surface area (Å²) >= 11 is 6.08. The number of hydrogen-bond acceptors (Lipinski definition) is 4. The number of rotatable bonds is 5. The Balaban J connectivity index is 1.45. The van der Waals surface area contributed by atoms with E-state index in [1.165, 1.54) is 0 Å². The van der Waals surface area contributed by atoms with Crippen LogP contribution in [-0.4, -0.2) is 49.0 Å². The Morgan fingerprint density at radius 3 is 2.45 bits per heavy atom. The summed E-state index contributed by atoms with van der Waals surface area (Å²) in [6.45, 7) is 8.34. The van der Waals surface area contributed by atoms with Crippen molar-refractivity contribution in [3.8, 4) is 5.75 Å². The first-order valence-corrected chi connectivity index (χ1v) is 10.6. The van der Waals surface area contributed by atoms with E-state index in [1.807, 2.05) is 20.8 Å². The molecule has 0 bridgehead atoms. The minimum atomic E-state index is -0.196. The second kappa shape index (κ2) is 8.52. The number of carbonyl (C=O) groups is 2. The third-order valence-corrected chi connectivity index (χ3v) is 6.01. The number of amides is 2. The number of methoxy groups -OCH3 is 1. The zero-order valence-electron chi connectivity index (χ0n) is 17.8. The van der Waals surface area contributed by atoms with Gasteiger partial charge in [-0.3, -0.25) is 14.5 Å². The Hall–Kier alpha value is -1.79. The third kappa shape index (κ3) is 5.86. The van der Waals surface area contributed by atoms with E-state index in [0.29, 0.717) is 23.0 Å². The molecule has 2 amide bonds. The number of anilines is 1. The second-order valence-electron chi connectivity index (χ2n) is 9.59. The number of benzene rings is 1. The van der Waals surface area contributed by atoms with E-state index < -0.39 is 0 Å². The Bertz CT molecular complexity index is 759. The van der Waals surface area contributed by atoms with E-state index in [0.717, 1.165) is 38.8 Å². The predicted molar refractivity (Wildman–Crippen MR) is 115 cm³/mol. The summed E-state index contributed by atoms with van der Waals surface area (Å²) in [4.78, 5) is 27.0. The summed E-state index contributed by atoms with van der Waals surface area (Å²) in [6.07, 6.45) is 3.82. The van der Waals surface area contributed by atoms with E-state index in [4.69, 9.17) is 16.3 Å². The largest absolute Gasteiger partial charge is 0.497 e. The van der Waals surface area contributed by atoms with Gasteiger partial charge in [-0.05, 0) is 64.0 Å². The predicted octanol–water partition coefficient (Wildman–Crippen LogP) is 3.69. The first kappa shape index (κ1) is 21.9. The molecule has 6 nitrogen and oxygen atoms in total. The van der Waals surface area contributed by atoms with Crippen molar-refractivity contribution in [3.05, 3.63) is 23.2 Å². The number of hydrogen-bond donors (Lipinski definition) is 2. The minimum Gasteiger partial charge on any atom is -0.497 e. The molecule has 0 atom stereocenters. The smallest absolute Gasteiger partial charge is 0.234 e. The molecule has 1 saturated heterocycles. The van der Waals surface area contributed by atoms with Crippen molar-refractivity contribution in [2.24, 2.45) is 11.3 Å². The molecule has 29 heavy (non-hydrogen) atoms. The highest BCUT2D eigenvalue weighted by molar-refractivity contribution is 6.31. The lowest BCUT2D eigenvalue weighted by Crippen LogP contribution is -2.60. The molecule has 2 aliphatic rings. The van der Waals surface area contributed by atoms with Crippen LogP contribution in [-0.2, 0) is 9.59 Å². The second-order valence-corrected chi connectivity index (χ2v) is 10.0. The molecule has 1 aliphatic carbocycles. The molecule has 2 fully saturated rings. The lowest BCUT2D eigenvalue weighted by atomic mass is 9.65. The van der Waals surface area contributed by atoms with Crippen LogP contribution in [0.4, 0.5) is 5.69 Å². The van der Waals surface area contributed by atoms with Gasteiger partial charge in [0.05, 0.1) is 13.7 Å². The van der Waals surface area contributed by atoms with Gasteiger partial charge in [0.1, 0.15) is 5.75 Å². The number of nitrogens with zero attached hydrogens (tertiary/aromatic N) is 1. The number of carbonyl (C=O) groups excluding carboxylic acids is 2. The first-order valence-electron chi connectivity index (χ1n) is 10.3. The standard InChI is InChI=1S/C22H32ClN3O3/c1-21(2,3)25-19(27)12-26-13-22(14-26)7-5-15(6-8-22)20(28)24-17-9-16(23)10-18(11-17)29-4/h9-11,15H,5-8,12-14H2,1-4H3,(H,24,28)(H,25,27). The summed E-state index contributed by atoms with van der Waals surface area (Å²) in [5.74, 6) is 0.770. The van der Waals surface area contributed by atoms with E-state index in [2.05, 4.69) is 15.5 Å². The number of nitrogens with one attached hydrogen (secondary N) is 2. The molecule has 3 rings (SSSR count). The van der Waals surface area contributed by atoms with Gasteiger partial charge in [0.25, 0.3) is 0 Å². The van der Waals surface area contributed by atoms with Crippen molar-refractivity contribution < 1.29 is 14.3 Å². The zero-order chi connectivity index (χ0) is 21.2. The third-order valence-electron chi connectivity index (χ3n) is 5.79. The van der Waals surface area contributed by atoms with Crippen LogP contribution in [0, 0.1) is 11.3 Å². The number of likely N-dealkylation sites (tertiary alicyclic amines) is 1. The summed E-state index contributed by atoms with van der Waals surface area (Å²) in [7, 11) is 1.58. The Morgan fingerprint density at radius 1 is 1.21 bits per heavy atom. The highest BCUT2D eigenvalue weighted by Gasteiger charge is 2.46. The van der Waals surface area contributed by atoms with E-state index in [-0.39, 0.29) is 28.7 Å². The average Bonchev–Trinajstić information content (AvgIpc) is 2.58. The molecule has 0 radical (unpaired) electrons. The lowest BCUT2D eigenvalue weighted by Gasteiger charge is -2.53. The molecule has 1 aromatic carbocycles. The quantitative estimate of drug-likeness (QED) is 0.760. The van der Waals surface area contributed by atoms with Crippen LogP contribution < -0.4 is 15.4 Å². The van der Waals surface area contributed by atoms with Gasteiger partial charge in [-0.1, -0.05) is 11.6 Å². The van der Waals surface area contributed by atoms with Crippen LogP contribution in [0.25, 0.3) is 0 Å². The summed E-state index contributed by atoms with van der Waals surface area (Å²) in [6, 6.07) is 5.23. The molecule has 160 valence electrons. The highest BCUT2D eigenvalue weighted by Crippen LogP contribution is 2.45. The molecule has 0 unspecified atom stereocenters. The van der Waals surface area contributed by atoms with Gasteiger partial charge >= 0.3 is 0 Å². The maximum Gasteiger partial charge on any atom is 0.234 e. The minimum absolute atomic E-state index is 0.0174. The monoisotopic (exact) mass is 421 g/mol.